The Morgan fingerprint density at radius 3 is 2.50 bits per heavy atom. The molecule has 1 aliphatic rings. The number of carbonyl (C=O) groups excluding carboxylic acids is 1. The lowest BCUT2D eigenvalue weighted by Gasteiger charge is -2.16. The summed E-state index contributed by atoms with van der Waals surface area (Å²) in [5, 5.41) is 0. The zero-order chi connectivity index (χ0) is 20.3. The van der Waals surface area contributed by atoms with Crippen LogP contribution in [-0.4, -0.2) is 35.2 Å². The van der Waals surface area contributed by atoms with Gasteiger partial charge in [0.1, 0.15) is 11.4 Å². The van der Waals surface area contributed by atoms with E-state index < -0.39 is 6.36 Å². The fourth-order valence-corrected chi connectivity index (χ4v) is 3.16. The first-order chi connectivity index (χ1) is 13.2. The quantitative estimate of drug-likeness (QED) is 0.756. The number of H-pyrrole nitrogens is 1. The summed E-state index contributed by atoms with van der Waals surface area (Å²) in [6.45, 7) is 3.35. The van der Waals surface area contributed by atoms with Crippen LogP contribution < -0.4 is 15.2 Å². The van der Waals surface area contributed by atoms with E-state index >= 15 is 0 Å². The molecule has 0 radical (unpaired) electrons. The predicted octanol–water partition coefficient (Wildman–Crippen LogP) is 3.65. The van der Waals surface area contributed by atoms with Crippen molar-refractivity contribution in [3.05, 3.63) is 51.9 Å². The summed E-state index contributed by atoms with van der Waals surface area (Å²) in [4.78, 5) is 33.4. The van der Waals surface area contributed by atoms with Gasteiger partial charge in [-0.1, -0.05) is 19.1 Å². The van der Waals surface area contributed by atoms with Crippen molar-refractivity contribution in [1.29, 1.82) is 0 Å². The molecular weight excluding hydrogens is 375 g/mol. The molecule has 0 saturated carbocycles. The number of hydrogen-bond donors (Lipinski definition) is 1. The van der Waals surface area contributed by atoms with Gasteiger partial charge in [-0.2, -0.15) is 0 Å². The van der Waals surface area contributed by atoms with Crippen LogP contribution in [-0.2, 0) is 0 Å². The third kappa shape index (κ3) is 5.11. The molecule has 150 valence electrons. The molecule has 1 N–H and O–H groups in total. The van der Waals surface area contributed by atoms with E-state index in [9.17, 15) is 22.8 Å². The summed E-state index contributed by atoms with van der Waals surface area (Å²) in [5.74, 6) is -0.477. The van der Waals surface area contributed by atoms with Crippen LogP contribution in [0.4, 0.5) is 19.1 Å². The van der Waals surface area contributed by atoms with Gasteiger partial charge in [-0.25, -0.2) is 4.98 Å². The van der Waals surface area contributed by atoms with Gasteiger partial charge in [-0.15, -0.1) is 13.2 Å². The first kappa shape index (κ1) is 19.9. The third-order valence-corrected chi connectivity index (χ3v) is 4.59. The second kappa shape index (κ2) is 8.04. The Kier molecular flexibility index (Phi) is 5.71. The number of hydrogen-bond acceptors (Lipinski definition) is 5. The highest BCUT2D eigenvalue weighted by molar-refractivity contribution is 5.94. The van der Waals surface area contributed by atoms with Crippen molar-refractivity contribution in [2.45, 2.75) is 38.5 Å². The van der Waals surface area contributed by atoms with Crippen LogP contribution in [0.25, 0.3) is 0 Å². The van der Waals surface area contributed by atoms with Crippen LogP contribution in [0.5, 0.6) is 5.75 Å². The van der Waals surface area contributed by atoms with Gasteiger partial charge in [0.25, 0.3) is 5.56 Å². The number of anilines is 1. The zero-order valence-corrected chi connectivity index (χ0v) is 15.3. The predicted molar refractivity (Wildman–Crippen MR) is 96.8 cm³/mol. The molecule has 0 amide bonds. The molecule has 2 heterocycles. The number of carbonyl (C=O) groups is 1. The topological polar surface area (TPSA) is 75.3 Å². The Hall–Kier alpha value is -2.84. The van der Waals surface area contributed by atoms with Gasteiger partial charge in [-0.3, -0.25) is 14.6 Å². The Morgan fingerprint density at radius 1 is 1.25 bits per heavy atom. The van der Waals surface area contributed by atoms with Crippen molar-refractivity contribution in [1.82, 2.24) is 9.97 Å². The molecule has 1 saturated heterocycles. The molecule has 0 spiro atoms. The van der Waals surface area contributed by atoms with E-state index in [4.69, 9.17) is 0 Å². The first-order valence-corrected chi connectivity index (χ1v) is 8.96. The largest absolute Gasteiger partial charge is 0.573 e. The maximum absolute atomic E-state index is 12.6. The number of nitrogens with one attached hydrogen (secondary N) is 1. The highest BCUT2D eigenvalue weighted by Crippen LogP contribution is 2.27. The number of aromatic amines is 1. The van der Waals surface area contributed by atoms with E-state index in [1.807, 2.05) is 4.90 Å². The molecule has 6 nitrogen and oxygen atoms in total. The molecule has 28 heavy (non-hydrogen) atoms. The molecule has 0 bridgehead atoms. The monoisotopic (exact) mass is 395 g/mol. The summed E-state index contributed by atoms with van der Waals surface area (Å²) < 4.78 is 40.5. The highest BCUT2D eigenvalue weighted by atomic mass is 19.4. The maximum Gasteiger partial charge on any atom is 0.573 e. The van der Waals surface area contributed by atoms with E-state index in [-0.39, 0.29) is 35.1 Å². The minimum absolute atomic E-state index is 0.0787. The SMILES string of the molecule is C[C@@H](CC(=O)c1cc(=O)[nH]c(N2CCCC2)n1)c1ccc(OC(F)(F)F)cc1. The van der Waals surface area contributed by atoms with Gasteiger partial charge in [0, 0.05) is 25.6 Å². The van der Waals surface area contributed by atoms with Crippen LogP contribution in [0.15, 0.2) is 35.1 Å². The number of aromatic nitrogens is 2. The summed E-state index contributed by atoms with van der Waals surface area (Å²) >= 11 is 0. The maximum atomic E-state index is 12.6. The van der Waals surface area contributed by atoms with Crippen molar-refractivity contribution in [3.8, 4) is 5.75 Å². The van der Waals surface area contributed by atoms with Crippen molar-refractivity contribution < 1.29 is 22.7 Å². The second-order valence-electron chi connectivity index (χ2n) is 6.79. The molecule has 9 heteroatoms. The van der Waals surface area contributed by atoms with Crippen molar-refractivity contribution >= 4 is 11.7 Å². The molecule has 1 atom stereocenters. The van der Waals surface area contributed by atoms with Crippen LogP contribution in [0, 0.1) is 0 Å². The Morgan fingerprint density at radius 2 is 1.89 bits per heavy atom. The van der Waals surface area contributed by atoms with Gasteiger partial charge in [0.15, 0.2) is 5.78 Å². The van der Waals surface area contributed by atoms with E-state index in [1.165, 1.54) is 30.3 Å². The van der Waals surface area contributed by atoms with Crippen LogP contribution >= 0.6 is 0 Å². The fraction of sp³-hybridized carbons (Fsp3) is 0.421. The number of rotatable bonds is 6. The Bertz CT molecular complexity index is 888. The third-order valence-electron chi connectivity index (χ3n) is 4.59. The number of alkyl halides is 3. The van der Waals surface area contributed by atoms with Crippen LogP contribution in [0.3, 0.4) is 0 Å². The van der Waals surface area contributed by atoms with E-state index in [1.54, 1.807) is 6.92 Å². The second-order valence-corrected chi connectivity index (χ2v) is 6.79. The minimum Gasteiger partial charge on any atom is -0.406 e. The average molecular weight is 395 g/mol. The molecule has 0 unspecified atom stereocenters. The molecule has 1 aromatic heterocycles. The number of halogens is 3. The molecule has 1 fully saturated rings. The fourth-order valence-electron chi connectivity index (χ4n) is 3.16. The molecule has 1 aromatic carbocycles. The van der Waals surface area contributed by atoms with Gasteiger partial charge in [-0.05, 0) is 36.5 Å². The van der Waals surface area contributed by atoms with Crippen molar-refractivity contribution in [3.63, 3.8) is 0 Å². The zero-order valence-electron chi connectivity index (χ0n) is 15.3. The lowest BCUT2D eigenvalue weighted by molar-refractivity contribution is -0.274. The average Bonchev–Trinajstić information content (AvgIpc) is 3.15. The van der Waals surface area contributed by atoms with Gasteiger partial charge in [0.2, 0.25) is 5.95 Å². The van der Waals surface area contributed by atoms with Gasteiger partial charge < -0.3 is 9.64 Å². The Labute approximate surface area is 159 Å². The first-order valence-electron chi connectivity index (χ1n) is 8.96. The lowest BCUT2D eigenvalue weighted by Crippen LogP contribution is -2.25. The summed E-state index contributed by atoms with van der Waals surface area (Å²) in [5.41, 5.74) is 0.392. The van der Waals surface area contributed by atoms with Crippen molar-refractivity contribution in [2.24, 2.45) is 0 Å². The number of Topliss-reactive ketones (excluding diaryl/α,β-unsaturated/α-hetero) is 1. The van der Waals surface area contributed by atoms with Crippen molar-refractivity contribution in [2.75, 3.05) is 18.0 Å². The standard InChI is InChI=1S/C19H20F3N3O3/c1-12(13-4-6-14(7-5-13)28-19(20,21)22)10-16(26)15-11-17(27)24-18(23-15)25-8-2-3-9-25/h4-7,11-12H,2-3,8-10H2,1H3,(H,23,24,27)/t12-/m0/s1. The smallest absolute Gasteiger partial charge is 0.406 e. The molecule has 3 rings (SSSR count). The van der Waals surface area contributed by atoms with Crippen LogP contribution in [0.2, 0.25) is 0 Å². The number of ether oxygens (including phenoxy) is 1. The molecule has 2 aromatic rings. The summed E-state index contributed by atoms with van der Waals surface area (Å²) in [7, 11) is 0. The minimum atomic E-state index is -4.75. The lowest BCUT2D eigenvalue weighted by atomic mass is 9.94. The molecule has 0 aliphatic carbocycles. The Balaban J connectivity index is 1.69. The molecule has 1 aliphatic heterocycles. The van der Waals surface area contributed by atoms with Gasteiger partial charge in [0.05, 0.1) is 0 Å². The van der Waals surface area contributed by atoms with Crippen LogP contribution in [0.1, 0.15) is 48.2 Å². The summed E-state index contributed by atoms with van der Waals surface area (Å²) in [6, 6.07) is 6.57. The number of nitrogens with zero attached hydrogens (tertiary/aromatic N) is 2. The highest BCUT2D eigenvalue weighted by Gasteiger charge is 2.31. The molecular formula is C19H20F3N3O3. The number of ketones is 1. The normalized spacial score (nSPS) is 15.5. The van der Waals surface area contributed by atoms with E-state index in [0.717, 1.165) is 25.9 Å². The van der Waals surface area contributed by atoms with E-state index in [0.29, 0.717) is 11.5 Å². The number of benzene rings is 1. The summed E-state index contributed by atoms with van der Waals surface area (Å²) in [6.07, 6.45) is -2.66. The van der Waals surface area contributed by atoms with E-state index in [2.05, 4.69) is 14.7 Å². The van der Waals surface area contributed by atoms with Gasteiger partial charge >= 0.3 is 6.36 Å².